The Morgan fingerprint density at radius 3 is 3.00 bits per heavy atom. The molecule has 0 spiro atoms. The van der Waals surface area contributed by atoms with Gasteiger partial charge < -0.3 is 15.4 Å². The first-order valence-corrected chi connectivity index (χ1v) is 7.44. The summed E-state index contributed by atoms with van der Waals surface area (Å²) in [5.41, 5.74) is 8.24. The van der Waals surface area contributed by atoms with Crippen molar-refractivity contribution in [1.82, 2.24) is 4.98 Å². The fraction of sp³-hybridized carbons (Fsp3) is 0.353. The summed E-state index contributed by atoms with van der Waals surface area (Å²) in [7, 11) is 0. The molecule has 1 aliphatic heterocycles. The molecule has 1 unspecified atom stereocenters. The molecule has 2 N–H and O–H groups in total. The van der Waals surface area contributed by atoms with Gasteiger partial charge in [0, 0.05) is 18.8 Å². The van der Waals surface area contributed by atoms with Crippen molar-refractivity contribution in [3.8, 4) is 5.75 Å². The second kappa shape index (κ2) is 6.14. The molecule has 0 bridgehead atoms. The second-order valence-electron chi connectivity index (χ2n) is 5.49. The summed E-state index contributed by atoms with van der Waals surface area (Å²) < 4.78 is 5.83. The van der Waals surface area contributed by atoms with Crippen molar-refractivity contribution < 1.29 is 4.74 Å². The van der Waals surface area contributed by atoms with Crippen LogP contribution in [0, 0.1) is 0 Å². The summed E-state index contributed by atoms with van der Waals surface area (Å²) >= 11 is 0. The number of benzene rings is 1. The number of anilines is 2. The van der Waals surface area contributed by atoms with Gasteiger partial charge >= 0.3 is 0 Å². The number of nitrogens with two attached hydrogens (primary N) is 1. The first kappa shape index (κ1) is 13.9. The summed E-state index contributed by atoms with van der Waals surface area (Å²) in [6.07, 6.45) is 3.64. The normalized spacial score (nSPS) is 15.8. The van der Waals surface area contributed by atoms with E-state index in [1.807, 2.05) is 37.4 Å². The first-order valence-electron chi connectivity index (χ1n) is 7.44. The van der Waals surface area contributed by atoms with Gasteiger partial charge in [-0.2, -0.15) is 0 Å². The summed E-state index contributed by atoms with van der Waals surface area (Å²) in [5.74, 6) is 1.92. The Labute approximate surface area is 125 Å². The van der Waals surface area contributed by atoms with Crippen molar-refractivity contribution in [3.63, 3.8) is 0 Å². The van der Waals surface area contributed by atoms with Crippen LogP contribution >= 0.6 is 0 Å². The van der Waals surface area contributed by atoms with E-state index >= 15 is 0 Å². The summed E-state index contributed by atoms with van der Waals surface area (Å²) in [6.45, 7) is 3.67. The average Bonchev–Trinajstić information content (AvgIpc) is 2.70. The van der Waals surface area contributed by atoms with Gasteiger partial charge in [0.1, 0.15) is 11.6 Å². The van der Waals surface area contributed by atoms with Gasteiger partial charge in [0.25, 0.3) is 0 Å². The Bertz CT molecular complexity index is 612. The number of pyridine rings is 1. The van der Waals surface area contributed by atoms with Crippen LogP contribution in [0.1, 0.15) is 18.9 Å². The molecule has 3 rings (SSSR count). The fourth-order valence-electron chi connectivity index (χ4n) is 2.73. The molecular formula is C17H21N3O. The number of aromatic nitrogens is 1. The Kier molecular flexibility index (Phi) is 4.06. The summed E-state index contributed by atoms with van der Waals surface area (Å²) in [4.78, 5) is 6.86. The van der Waals surface area contributed by atoms with Gasteiger partial charge in [-0.25, -0.2) is 4.98 Å². The maximum Gasteiger partial charge on any atom is 0.142 e. The van der Waals surface area contributed by atoms with Crippen molar-refractivity contribution in [1.29, 1.82) is 0 Å². The molecule has 0 radical (unpaired) electrons. The lowest BCUT2D eigenvalue weighted by Crippen LogP contribution is -2.23. The molecule has 1 atom stereocenters. The molecule has 0 aliphatic carbocycles. The minimum absolute atomic E-state index is 0.117. The molecule has 0 fully saturated rings. The number of hydrogen-bond acceptors (Lipinski definition) is 4. The molecule has 1 aromatic heterocycles. The van der Waals surface area contributed by atoms with Gasteiger partial charge in [-0.15, -0.1) is 0 Å². The predicted octanol–water partition coefficient (Wildman–Crippen LogP) is 2.89. The van der Waals surface area contributed by atoms with Gasteiger partial charge in [0.2, 0.25) is 0 Å². The first-order chi connectivity index (χ1) is 10.3. The molecule has 1 aromatic carbocycles. The van der Waals surface area contributed by atoms with E-state index in [-0.39, 0.29) is 6.04 Å². The lowest BCUT2D eigenvalue weighted by atomic mass is 10.1. The number of rotatable bonds is 3. The van der Waals surface area contributed by atoms with E-state index in [1.54, 1.807) is 0 Å². The van der Waals surface area contributed by atoms with Gasteiger partial charge in [-0.1, -0.05) is 18.2 Å². The summed E-state index contributed by atoms with van der Waals surface area (Å²) in [5, 5.41) is 0. The number of hydrogen-bond donors (Lipinski definition) is 1. The van der Waals surface area contributed by atoms with Gasteiger partial charge in [0.05, 0.1) is 12.3 Å². The maximum atomic E-state index is 5.98. The third-order valence-electron chi connectivity index (χ3n) is 3.60. The fourth-order valence-corrected chi connectivity index (χ4v) is 2.73. The predicted molar refractivity (Wildman–Crippen MR) is 85.2 cm³/mol. The molecule has 2 heterocycles. The van der Waals surface area contributed by atoms with Crippen molar-refractivity contribution >= 4 is 11.5 Å². The maximum absolute atomic E-state index is 5.98. The monoisotopic (exact) mass is 283 g/mol. The molecule has 2 aromatic rings. The molecular weight excluding hydrogens is 262 g/mol. The Hall–Kier alpha value is -2.07. The van der Waals surface area contributed by atoms with Crippen LogP contribution in [-0.4, -0.2) is 24.2 Å². The highest BCUT2D eigenvalue weighted by atomic mass is 16.5. The Morgan fingerprint density at radius 2 is 2.14 bits per heavy atom. The van der Waals surface area contributed by atoms with Crippen molar-refractivity contribution in [2.75, 3.05) is 18.1 Å². The van der Waals surface area contributed by atoms with E-state index in [2.05, 4.69) is 22.0 Å². The third-order valence-corrected chi connectivity index (χ3v) is 3.60. The van der Waals surface area contributed by atoms with Crippen molar-refractivity contribution in [2.24, 2.45) is 5.73 Å². The Morgan fingerprint density at radius 1 is 1.29 bits per heavy atom. The van der Waals surface area contributed by atoms with E-state index in [4.69, 9.17) is 10.5 Å². The van der Waals surface area contributed by atoms with E-state index in [9.17, 15) is 0 Å². The molecule has 4 heteroatoms. The zero-order valence-corrected chi connectivity index (χ0v) is 12.3. The highest BCUT2D eigenvalue weighted by Gasteiger charge is 2.20. The van der Waals surface area contributed by atoms with Crippen LogP contribution < -0.4 is 15.4 Å². The smallest absolute Gasteiger partial charge is 0.142 e. The van der Waals surface area contributed by atoms with Crippen LogP contribution in [0.5, 0.6) is 5.75 Å². The minimum Gasteiger partial charge on any atom is -0.491 e. The van der Waals surface area contributed by atoms with Gasteiger partial charge in [-0.05, 0) is 43.5 Å². The quantitative estimate of drug-likeness (QED) is 0.941. The molecule has 110 valence electrons. The molecule has 1 aliphatic rings. The molecule has 21 heavy (non-hydrogen) atoms. The van der Waals surface area contributed by atoms with Gasteiger partial charge in [0.15, 0.2) is 0 Å². The van der Waals surface area contributed by atoms with Crippen LogP contribution in [0.15, 0.2) is 42.6 Å². The molecule has 0 amide bonds. The van der Waals surface area contributed by atoms with Gasteiger partial charge in [-0.3, -0.25) is 0 Å². The minimum atomic E-state index is 0.117. The molecule has 0 saturated heterocycles. The van der Waals surface area contributed by atoms with Crippen molar-refractivity contribution in [2.45, 2.75) is 25.8 Å². The van der Waals surface area contributed by atoms with E-state index in [1.165, 1.54) is 5.56 Å². The van der Waals surface area contributed by atoms with E-state index < -0.39 is 0 Å². The second-order valence-corrected chi connectivity index (χ2v) is 5.49. The number of para-hydroxylation sites is 2. The standard InChI is InChI=1S/C17H21N3O/c1-13(18)12-14-6-4-9-19-17(14)20-10-5-11-21-16-8-3-2-7-15(16)20/h2-4,6-9,13H,5,10-12,18H2,1H3. The van der Waals surface area contributed by atoms with Crippen LogP contribution in [0.3, 0.4) is 0 Å². The van der Waals surface area contributed by atoms with E-state index in [0.717, 1.165) is 43.2 Å². The highest BCUT2D eigenvalue weighted by Crippen LogP contribution is 2.36. The SMILES string of the molecule is CC(N)Cc1cccnc1N1CCCOc2ccccc21. The zero-order valence-electron chi connectivity index (χ0n) is 12.3. The van der Waals surface area contributed by atoms with Crippen LogP contribution in [-0.2, 0) is 6.42 Å². The number of ether oxygens (including phenoxy) is 1. The lowest BCUT2D eigenvalue weighted by molar-refractivity contribution is 0.322. The number of fused-ring (bicyclic) bond motifs is 1. The third kappa shape index (κ3) is 3.00. The zero-order chi connectivity index (χ0) is 14.7. The molecule has 0 saturated carbocycles. The Balaban J connectivity index is 2.04. The highest BCUT2D eigenvalue weighted by molar-refractivity contribution is 5.69. The lowest BCUT2D eigenvalue weighted by Gasteiger charge is -2.25. The number of nitrogens with zero attached hydrogens (tertiary/aromatic N) is 2. The summed E-state index contributed by atoms with van der Waals surface area (Å²) in [6, 6.07) is 12.3. The van der Waals surface area contributed by atoms with Crippen LogP contribution in [0.2, 0.25) is 0 Å². The van der Waals surface area contributed by atoms with Crippen molar-refractivity contribution in [3.05, 3.63) is 48.2 Å². The van der Waals surface area contributed by atoms with E-state index in [0.29, 0.717) is 0 Å². The van der Waals surface area contributed by atoms with Crippen LogP contribution in [0.25, 0.3) is 0 Å². The largest absolute Gasteiger partial charge is 0.491 e. The average molecular weight is 283 g/mol. The van der Waals surface area contributed by atoms with Crippen LogP contribution in [0.4, 0.5) is 11.5 Å². The topological polar surface area (TPSA) is 51.4 Å². The molecule has 4 nitrogen and oxygen atoms in total.